The number of nitrogens with zero attached hydrogens (tertiary/aromatic N) is 3. The van der Waals surface area contributed by atoms with Gasteiger partial charge in [-0.1, -0.05) is 18.2 Å². The lowest BCUT2D eigenvalue weighted by molar-refractivity contribution is 0.631. The zero-order valence-corrected chi connectivity index (χ0v) is 12.1. The minimum absolute atomic E-state index is 0.110. The van der Waals surface area contributed by atoms with E-state index >= 15 is 0 Å². The van der Waals surface area contributed by atoms with Crippen LogP contribution in [-0.4, -0.2) is 15.2 Å². The van der Waals surface area contributed by atoms with Crippen molar-refractivity contribution in [3.05, 3.63) is 53.1 Å². The SMILES string of the molecule is N#Cc1c(N)nc2c(c1-c1ccccc1F)CCc1n[nH]cc1-2. The molecule has 2 heterocycles. The summed E-state index contributed by atoms with van der Waals surface area (Å²) in [6, 6.07) is 8.49. The molecular weight excluding hydrogens is 293 g/mol. The molecule has 6 heteroatoms. The Balaban J connectivity index is 2.11. The monoisotopic (exact) mass is 305 g/mol. The number of aromatic amines is 1. The van der Waals surface area contributed by atoms with Gasteiger partial charge in [0.15, 0.2) is 0 Å². The molecule has 23 heavy (non-hydrogen) atoms. The van der Waals surface area contributed by atoms with Crippen molar-refractivity contribution in [2.45, 2.75) is 12.8 Å². The van der Waals surface area contributed by atoms with Gasteiger partial charge in [0.1, 0.15) is 23.3 Å². The second-order valence-corrected chi connectivity index (χ2v) is 5.41. The molecule has 0 aliphatic heterocycles. The molecule has 0 bridgehead atoms. The largest absolute Gasteiger partial charge is 0.383 e. The van der Waals surface area contributed by atoms with E-state index in [0.29, 0.717) is 29.7 Å². The maximum Gasteiger partial charge on any atom is 0.142 e. The van der Waals surface area contributed by atoms with Crippen LogP contribution in [0.15, 0.2) is 30.5 Å². The quantitative estimate of drug-likeness (QED) is 0.723. The maximum atomic E-state index is 14.3. The number of benzene rings is 1. The minimum atomic E-state index is -0.380. The van der Waals surface area contributed by atoms with Crippen molar-refractivity contribution in [2.24, 2.45) is 0 Å². The Bertz CT molecular complexity index is 968. The van der Waals surface area contributed by atoms with E-state index in [4.69, 9.17) is 5.73 Å². The molecule has 0 amide bonds. The fourth-order valence-electron chi connectivity index (χ4n) is 3.14. The molecule has 0 saturated heterocycles. The number of nitrogens with two attached hydrogens (primary N) is 1. The molecule has 112 valence electrons. The molecule has 5 nitrogen and oxygen atoms in total. The van der Waals surface area contributed by atoms with Crippen LogP contribution in [0.5, 0.6) is 0 Å². The Labute approximate surface area is 131 Å². The summed E-state index contributed by atoms with van der Waals surface area (Å²) >= 11 is 0. The van der Waals surface area contributed by atoms with Crippen molar-refractivity contribution in [1.29, 1.82) is 5.26 Å². The summed E-state index contributed by atoms with van der Waals surface area (Å²) in [5.74, 6) is -0.270. The first-order valence-corrected chi connectivity index (χ1v) is 7.21. The van der Waals surface area contributed by atoms with Crippen LogP contribution in [0.2, 0.25) is 0 Å². The number of hydrogen-bond donors (Lipinski definition) is 2. The van der Waals surface area contributed by atoms with Gasteiger partial charge in [0, 0.05) is 22.9 Å². The van der Waals surface area contributed by atoms with E-state index in [-0.39, 0.29) is 17.2 Å². The molecule has 2 aromatic heterocycles. The third-order valence-corrected chi connectivity index (χ3v) is 4.17. The maximum absolute atomic E-state index is 14.3. The number of hydrogen-bond acceptors (Lipinski definition) is 4. The normalized spacial score (nSPS) is 12.3. The Hall–Kier alpha value is -3.20. The number of nitrogens with one attached hydrogen (secondary N) is 1. The van der Waals surface area contributed by atoms with Crippen LogP contribution in [0.25, 0.3) is 22.4 Å². The van der Waals surface area contributed by atoms with Gasteiger partial charge in [0.2, 0.25) is 0 Å². The standard InChI is InChI=1S/C17H12FN5/c18-13-4-2-1-3-9(13)15-10-5-6-14-12(8-21-23-14)16(10)22-17(20)11(15)7-19/h1-4,8H,5-6H2,(H2,20,22)(H,21,23). The molecule has 0 unspecified atom stereocenters. The molecule has 4 rings (SSSR count). The van der Waals surface area contributed by atoms with Crippen LogP contribution in [0.3, 0.4) is 0 Å². The van der Waals surface area contributed by atoms with Gasteiger partial charge in [-0.05, 0) is 24.5 Å². The van der Waals surface area contributed by atoms with Gasteiger partial charge in [-0.3, -0.25) is 5.10 Å². The Morgan fingerprint density at radius 1 is 1.22 bits per heavy atom. The summed E-state index contributed by atoms with van der Waals surface area (Å²) in [6.07, 6.45) is 3.11. The van der Waals surface area contributed by atoms with Gasteiger partial charge in [-0.25, -0.2) is 9.37 Å². The molecule has 1 aromatic carbocycles. The Kier molecular flexibility index (Phi) is 2.88. The van der Waals surface area contributed by atoms with Gasteiger partial charge in [-0.15, -0.1) is 0 Å². The minimum Gasteiger partial charge on any atom is -0.383 e. The van der Waals surface area contributed by atoms with Crippen molar-refractivity contribution in [1.82, 2.24) is 15.2 Å². The summed E-state index contributed by atoms with van der Waals surface area (Å²) < 4.78 is 14.3. The molecule has 3 aromatic rings. The molecule has 1 aliphatic carbocycles. The van der Waals surface area contributed by atoms with E-state index in [9.17, 15) is 9.65 Å². The van der Waals surface area contributed by atoms with Gasteiger partial charge in [0.25, 0.3) is 0 Å². The highest BCUT2D eigenvalue weighted by atomic mass is 19.1. The molecule has 0 saturated carbocycles. The third-order valence-electron chi connectivity index (χ3n) is 4.17. The lowest BCUT2D eigenvalue weighted by Crippen LogP contribution is -2.11. The average Bonchev–Trinajstić information content (AvgIpc) is 3.03. The zero-order chi connectivity index (χ0) is 16.0. The molecular formula is C17H12FN5. The van der Waals surface area contributed by atoms with E-state index in [0.717, 1.165) is 16.8 Å². The number of anilines is 1. The number of aromatic nitrogens is 3. The number of nitrogen functional groups attached to an aromatic ring is 1. The van der Waals surface area contributed by atoms with E-state index in [2.05, 4.69) is 21.3 Å². The summed E-state index contributed by atoms with van der Waals surface area (Å²) in [4.78, 5) is 4.39. The van der Waals surface area contributed by atoms with Crippen molar-refractivity contribution in [3.63, 3.8) is 0 Å². The summed E-state index contributed by atoms with van der Waals surface area (Å²) in [5.41, 5.74) is 10.4. The van der Waals surface area contributed by atoms with Crippen molar-refractivity contribution in [3.8, 4) is 28.5 Å². The van der Waals surface area contributed by atoms with Gasteiger partial charge < -0.3 is 5.73 Å². The van der Waals surface area contributed by atoms with Crippen LogP contribution in [-0.2, 0) is 12.8 Å². The van der Waals surface area contributed by atoms with E-state index in [1.165, 1.54) is 6.07 Å². The summed E-state index contributed by atoms with van der Waals surface area (Å²) in [5, 5.41) is 16.5. The molecule has 0 atom stereocenters. The summed E-state index contributed by atoms with van der Waals surface area (Å²) in [6.45, 7) is 0. The lowest BCUT2D eigenvalue weighted by atomic mass is 9.85. The molecule has 0 radical (unpaired) electrons. The smallest absolute Gasteiger partial charge is 0.142 e. The summed E-state index contributed by atoms with van der Waals surface area (Å²) in [7, 11) is 0. The van der Waals surface area contributed by atoms with E-state index in [1.54, 1.807) is 24.4 Å². The number of pyridine rings is 1. The van der Waals surface area contributed by atoms with Crippen molar-refractivity contribution >= 4 is 5.82 Å². The van der Waals surface area contributed by atoms with Crippen molar-refractivity contribution in [2.75, 3.05) is 5.73 Å². The molecule has 3 N–H and O–H groups in total. The lowest BCUT2D eigenvalue weighted by Gasteiger charge is -2.21. The van der Waals surface area contributed by atoms with Gasteiger partial charge in [0.05, 0.1) is 11.4 Å². The Morgan fingerprint density at radius 2 is 2.04 bits per heavy atom. The van der Waals surface area contributed by atoms with E-state index < -0.39 is 0 Å². The second kappa shape index (κ2) is 4.92. The molecule has 0 spiro atoms. The van der Waals surface area contributed by atoms with Gasteiger partial charge in [-0.2, -0.15) is 10.4 Å². The van der Waals surface area contributed by atoms with Gasteiger partial charge >= 0.3 is 0 Å². The third kappa shape index (κ3) is 1.90. The highest BCUT2D eigenvalue weighted by Crippen LogP contribution is 2.41. The van der Waals surface area contributed by atoms with Crippen LogP contribution < -0.4 is 5.73 Å². The predicted molar refractivity (Wildman–Crippen MR) is 83.7 cm³/mol. The number of aryl methyl sites for hydroxylation is 1. The number of nitriles is 1. The second-order valence-electron chi connectivity index (χ2n) is 5.41. The highest BCUT2D eigenvalue weighted by Gasteiger charge is 2.27. The number of H-pyrrole nitrogens is 1. The van der Waals surface area contributed by atoms with Crippen LogP contribution in [0.1, 0.15) is 16.8 Å². The van der Waals surface area contributed by atoms with Crippen molar-refractivity contribution < 1.29 is 4.39 Å². The average molecular weight is 305 g/mol. The fourth-order valence-corrected chi connectivity index (χ4v) is 3.14. The zero-order valence-electron chi connectivity index (χ0n) is 12.1. The van der Waals surface area contributed by atoms with E-state index in [1.807, 2.05) is 0 Å². The molecule has 1 aliphatic rings. The van der Waals surface area contributed by atoms with Crippen LogP contribution >= 0.6 is 0 Å². The Morgan fingerprint density at radius 3 is 2.83 bits per heavy atom. The first-order valence-electron chi connectivity index (χ1n) is 7.21. The highest BCUT2D eigenvalue weighted by molar-refractivity contribution is 5.85. The first kappa shape index (κ1) is 13.5. The first-order chi connectivity index (χ1) is 11.2. The van der Waals surface area contributed by atoms with Crippen LogP contribution in [0.4, 0.5) is 10.2 Å². The predicted octanol–water partition coefficient (Wildman–Crippen LogP) is 2.83. The number of rotatable bonds is 1. The topological polar surface area (TPSA) is 91.4 Å². The molecule has 0 fully saturated rings. The fraction of sp³-hybridized carbons (Fsp3) is 0.118. The number of fused-ring (bicyclic) bond motifs is 3. The number of halogens is 1. The van der Waals surface area contributed by atoms with Crippen LogP contribution in [0, 0.1) is 17.1 Å².